The van der Waals surface area contributed by atoms with E-state index in [1.807, 2.05) is 44.4 Å². The topological polar surface area (TPSA) is 14.1 Å². The lowest BCUT2D eigenvalue weighted by Crippen LogP contribution is -1.93. The minimum atomic E-state index is 1.88. The van der Waals surface area contributed by atoms with E-state index in [0.29, 0.717) is 0 Å². The summed E-state index contributed by atoms with van der Waals surface area (Å²) in [5.74, 6) is 0. The van der Waals surface area contributed by atoms with Crippen LogP contribution in [0.4, 0.5) is 0 Å². The van der Waals surface area contributed by atoms with Crippen molar-refractivity contribution in [2.75, 3.05) is 0 Å². The van der Waals surface area contributed by atoms with Crippen LogP contribution >= 0.6 is 0 Å². The van der Waals surface area contributed by atoms with Crippen LogP contribution in [0.25, 0.3) is 0 Å². The van der Waals surface area contributed by atoms with E-state index in [-0.39, 0.29) is 0 Å². The molecule has 1 aromatic rings. The predicted octanol–water partition coefficient (Wildman–Crippen LogP) is 1.53. The zero-order valence-electron chi connectivity index (χ0n) is 5.39. The SMILES string of the molecule is CC.c1cc[nH+]cc1. The Morgan fingerprint density at radius 2 is 1.38 bits per heavy atom. The molecule has 0 radical (unpaired) electrons. The van der Waals surface area contributed by atoms with Crippen LogP contribution in [0, 0.1) is 0 Å². The molecule has 1 heteroatoms. The van der Waals surface area contributed by atoms with Gasteiger partial charge in [0.1, 0.15) is 0 Å². The van der Waals surface area contributed by atoms with Gasteiger partial charge in [0.2, 0.25) is 0 Å². The maximum atomic E-state index is 2.89. The predicted molar refractivity (Wildman–Crippen MR) is 34.3 cm³/mol. The Kier molecular flexibility index (Phi) is 5.50. The normalized spacial score (nSPS) is 6.75. The molecule has 0 aromatic carbocycles. The molecule has 0 amide bonds. The highest BCUT2D eigenvalue weighted by atomic mass is 14.6. The molecule has 0 bridgehead atoms. The molecule has 0 aliphatic heterocycles. The third-order valence-corrected chi connectivity index (χ3v) is 0.607. The average Bonchev–Trinajstić information content (AvgIpc) is 1.96. The molecule has 0 saturated carbocycles. The molecule has 1 rings (SSSR count). The van der Waals surface area contributed by atoms with E-state index >= 15 is 0 Å². The smallest absolute Gasteiger partial charge is 0.166 e. The van der Waals surface area contributed by atoms with Crippen LogP contribution in [-0.4, -0.2) is 0 Å². The Morgan fingerprint density at radius 1 is 0.875 bits per heavy atom. The van der Waals surface area contributed by atoms with Gasteiger partial charge < -0.3 is 0 Å². The molecule has 44 valence electrons. The van der Waals surface area contributed by atoms with E-state index in [9.17, 15) is 0 Å². The second-order valence-corrected chi connectivity index (χ2v) is 1.08. The largest absolute Gasteiger partial charge is 0.218 e. The van der Waals surface area contributed by atoms with Gasteiger partial charge in [-0.1, -0.05) is 19.9 Å². The number of pyridine rings is 1. The fourth-order valence-corrected chi connectivity index (χ4v) is 0.342. The molecule has 1 N–H and O–H groups in total. The van der Waals surface area contributed by atoms with Crippen LogP contribution in [-0.2, 0) is 0 Å². The van der Waals surface area contributed by atoms with Crippen molar-refractivity contribution < 1.29 is 4.98 Å². The van der Waals surface area contributed by atoms with Crippen molar-refractivity contribution in [1.82, 2.24) is 0 Å². The first kappa shape index (κ1) is 7.15. The average molecular weight is 110 g/mol. The number of hydrogen-bond donors (Lipinski definition) is 0. The van der Waals surface area contributed by atoms with Gasteiger partial charge in [-0.15, -0.1) is 0 Å². The van der Waals surface area contributed by atoms with E-state index in [1.54, 1.807) is 0 Å². The van der Waals surface area contributed by atoms with Crippen molar-refractivity contribution in [3.05, 3.63) is 30.6 Å². The summed E-state index contributed by atoms with van der Waals surface area (Å²) in [6.07, 6.45) is 3.75. The summed E-state index contributed by atoms with van der Waals surface area (Å²) in [6.45, 7) is 4.00. The lowest BCUT2D eigenvalue weighted by atomic mass is 10.5. The van der Waals surface area contributed by atoms with Crippen molar-refractivity contribution in [2.45, 2.75) is 13.8 Å². The number of nitrogens with one attached hydrogen (secondary N) is 1. The molecule has 0 spiro atoms. The Labute approximate surface area is 50.4 Å². The van der Waals surface area contributed by atoms with Gasteiger partial charge in [-0.25, -0.2) is 4.98 Å². The van der Waals surface area contributed by atoms with Gasteiger partial charge in [-0.3, -0.25) is 0 Å². The van der Waals surface area contributed by atoms with Crippen molar-refractivity contribution in [3.63, 3.8) is 0 Å². The van der Waals surface area contributed by atoms with E-state index in [2.05, 4.69) is 4.98 Å². The third kappa shape index (κ3) is 3.34. The highest BCUT2D eigenvalue weighted by molar-refractivity contribution is 4.82. The molecule has 1 nitrogen and oxygen atoms in total. The Balaban J connectivity index is 0.000000222. The van der Waals surface area contributed by atoms with Gasteiger partial charge >= 0.3 is 0 Å². The lowest BCUT2D eigenvalue weighted by Gasteiger charge is -1.63. The summed E-state index contributed by atoms with van der Waals surface area (Å²) < 4.78 is 0. The number of rotatable bonds is 0. The quantitative estimate of drug-likeness (QED) is 0.481. The molecule has 0 atom stereocenters. The first-order valence-electron chi connectivity index (χ1n) is 2.91. The van der Waals surface area contributed by atoms with Gasteiger partial charge in [0, 0.05) is 12.1 Å². The monoisotopic (exact) mass is 110 g/mol. The van der Waals surface area contributed by atoms with Crippen molar-refractivity contribution in [3.8, 4) is 0 Å². The molecule has 0 fully saturated rings. The summed E-state index contributed by atoms with van der Waals surface area (Å²) in [5, 5.41) is 0. The molecule has 1 heterocycles. The van der Waals surface area contributed by atoms with Gasteiger partial charge in [0.25, 0.3) is 0 Å². The minimum Gasteiger partial charge on any atom is -0.218 e. The van der Waals surface area contributed by atoms with Crippen LogP contribution in [0.1, 0.15) is 13.8 Å². The number of aromatic amines is 1. The van der Waals surface area contributed by atoms with Crippen LogP contribution in [0.3, 0.4) is 0 Å². The second-order valence-electron chi connectivity index (χ2n) is 1.08. The Bertz CT molecular complexity index is 76.3. The van der Waals surface area contributed by atoms with Crippen molar-refractivity contribution in [1.29, 1.82) is 0 Å². The van der Waals surface area contributed by atoms with Gasteiger partial charge in [0.05, 0.1) is 0 Å². The van der Waals surface area contributed by atoms with Crippen molar-refractivity contribution >= 4 is 0 Å². The van der Waals surface area contributed by atoms with Crippen LogP contribution in [0.15, 0.2) is 30.6 Å². The van der Waals surface area contributed by atoms with E-state index < -0.39 is 0 Å². The summed E-state index contributed by atoms with van der Waals surface area (Å²) in [4.78, 5) is 2.89. The number of aromatic nitrogens is 1. The van der Waals surface area contributed by atoms with E-state index in [0.717, 1.165) is 0 Å². The number of hydrogen-bond acceptors (Lipinski definition) is 0. The summed E-state index contributed by atoms with van der Waals surface area (Å²) in [7, 11) is 0. The molecular formula is C7H12N+. The molecule has 0 aliphatic rings. The lowest BCUT2D eigenvalue weighted by molar-refractivity contribution is -0.377. The fraction of sp³-hybridized carbons (Fsp3) is 0.286. The highest BCUT2D eigenvalue weighted by Crippen LogP contribution is 1.68. The molecule has 0 aliphatic carbocycles. The van der Waals surface area contributed by atoms with Gasteiger partial charge in [0.15, 0.2) is 12.4 Å². The Hall–Kier alpha value is -0.850. The highest BCUT2D eigenvalue weighted by Gasteiger charge is 1.65. The minimum absolute atomic E-state index is 1.88. The second kappa shape index (κ2) is 6.15. The van der Waals surface area contributed by atoms with Gasteiger partial charge in [-0.05, 0) is 0 Å². The zero-order chi connectivity index (χ0) is 6.24. The molecule has 8 heavy (non-hydrogen) atoms. The fourth-order valence-electron chi connectivity index (χ4n) is 0.342. The van der Waals surface area contributed by atoms with Gasteiger partial charge in [-0.2, -0.15) is 0 Å². The van der Waals surface area contributed by atoms with Crippen LogP contribution < -0.4 is 4.98 Å². The first-order valence-corrected chi connectivity index (χ1v) is 2.91. The third-order valence-electron chi connectivity index (χ3n) is 0.607. The maximum absolute atomic E-state index is 2.89. The van der Waals surface area contributed by atoms with E-state index in [4.69, 9.17) is 0 Å². The zero-order valence-corrected chi connectivity index (χ0v) is 5.39. The standard InChI is InChI=1S/C5H5N.C2H6/c1-2-4-6-5-3-1;1-2/h1-5H;1-2H3/p+1. The van der Waals surface area contributed by atoms with E-state index in [1.165, 1.54) is 0 Å². The summed E-state index contributed by atoms with van der Waals surface area (Å²) >= 11 is 0. The first-order chi connectivity index (χ1) is 4.00. The Morgan fingerprint density at radius 3 is 1.50 bits per heavy atom. The maximum Gasteiger partial charge on any atom is 0.166 e. The molecule has 0 unspecified atom stereocenters. The summed E-state index contributed by atoms with van der Waals surface area (Å²) in [6, 6.07) is 5.86. The number of H-pyrrole nitrogens is 1. The molecule has 1 aromatic heterocycles. The molecular weight excluding hydrogens is 98.1 g/mol. The summed E-state index contributed by atoms with van der Waals surface area (Å²) in [5.41, 5.74) is 0. The van der Waals surface area contributed by atoms with Crippen LogP contribution in [0.2, 0.25) is 0 Å². The van der Waals surface area contributed by atoms with Crippen molar-refractivity contribution in [2.24, 2.45) is 0 Å². The van der Waals surface area contributed by atoms with Crippen LogP contribution in [0.5, 0.6) is 0 Å². The molecule has 0 saturated heterocycles.